The number of aromatic nitrogens is 1. The van der Waals surface area contributed by atoms with E-state index in [9.17, 15) is 0 Å². The molecular weight excluding hydrogens is 208 g/mol. The molecule has 0 spiro atoms. The molecule has 0 fully saturated rings. The fraction of sp³-hybridized carbons (Fsp3) is 0.727. The second kappa shape index (κ2) is 6.93. The van der Waals surface area contributed by atoms with Gasteiger partial charge in [0.25, 0.3) is 0 Å². The number of nitrogens with zero attached hydrogens (tertiary/aromatic N) is 1. The van der Waals surface area contributed by atoms with Crippen molar-refractivity contribution >= 4 is 11.3 Å². The summed E-state index contributed by atoms with van der Waals surface area (Å²) in [6.07, 6.45) is 2.22. The number of thiazole rings is 1. The van der Waals surface area contributed by atoms with Crippen LogP contribution in [0, 0.1) is 0 Å². The standard InChI is InChI=1S/C11H20N2OS/c1-4-6-9-10(7-12-3)15-11(13-9)8-14-5-2/h12H,4-8H2,1-3H3. The van der Waals surface area contributed by atoms with Gasteiger partial charge in [0.05, 0.1) is 12.3 Å². The van der Waals surface area contributed by atoms with Crippen molar-refractivity contribution in [1.29, 1.82) is 0 Å². The molecule has 86 valence electrons. The second-order valence-electron chi connectivity index (χ2n) is 3.39. The maximum absolute atomic E-state index is 5.37. The molecule has 1 aromatic rings. The van der Waals surface area contributed by atoms with E-state index in [-0.39, 0.29) is 0 Å². The molecule has 0 aliphatic heterocycles. The van der Waals surface area contributed by atoms with Gasteiger partial charge < -0.3 is 10.1 Å². The Bertz CT molecular complexity index is 263. The summed E-state index contributed by atoms with van der Waals surface area (Å²) in [5, 5.41) is 4.28. The first-order chi connectivity index (χ1) is 7.31. The average molecular weight is 228 g/mol. The van der Waals surface area contributed by atoms with E-state index < -0.39 is 0 Å². The van der Waals surface area contributed by atoms with Crippen molar-refractivity contribution in [2.45, 2.75) is 39.8 Å². The molecule has 1 rings (SSSR count). The molecule has 3 nitrogen and oxygen atoms in total. The second-order valence-corrected chi connectivity index (χ2v) is 4.56. The summed E-state index contributed by atoms with van der Waals surface area (Å²) in [6.45, 7) is 6.52. The lowest BCUT2D eigenvalue weighted by Gasteiger charge is -1.98. The van der Waals surface area contributed by atoms with Crippen molar-refractivity contribution in [3.8, 4) is 0 Å². The van der Waals surface area contributed by atoms with Crippen molar-refractivity contribution in [2.24, 2.45) is 0 Å². The van der Waals surface area contributed by atoms with Gasteiger partial charge in [0.1, 0.15) is 5.01 Å². The van der Waals surface area contributed by atoms with Crippen LogP contribution >= 0.6 is 11.3 Å². The first-order valence-electron chi connectivity index (χ1n) is 5.51. The van der Waals surface area contributed by atoms with Gasteiger partial charge in [-0.15, -0.1) is 11.3 Å². The molecule has 0 saturated heterocycles. The topological polar surface area (TPSA) is 34.1 Å². The third-order valence-electron chi connectivity index (χ3n) is 2.08. The van der Waals surface area contributed by atoms with E-state index in [0.717, 1.165) is 31.0 Å². The third kappa shape index (κ3) is 3.89. The summed E-state index contributed by atoms with van der Waals surface area (Å²) in [5.74, 6) is 0. The van der Waals surface area contributed by atoms with Crippen LogP contribution in [0.5, 0.6) is 0 Å². The molecule has 1 N–H and O–H groups in total. The number of aryl methyl sites for hydroxylation is 1. The minimum absolute atomic E-state index is 0.654. The Morgan fingerprint density at radius 2 is 2.20 bits per heavy atom. The normalized spacial score (nSPS) is 10.9. The smallest absolute Gasteiger partial charge is 0.119 e. The lowest BCUT2D eigenvalue weighted by atomic mass is 10.2. The Hall–Kier alpha value is -0.450. The Morgan fingerprint density at radius 3 is 2.80 bits per heavy atom. The van der Waals surface area contributed by atoms with Gasteiger partial charge in [0, 0.05) is 18.0 Å². The summed E-state index contributed by atoms with van der Waals surface area (Å²) in [4.78, 5) is 5.97. The van der Waals surface area contributed by atoms with Crippen molar-refractivity contribution in [1.82, 2.24) is 10.3 Å². The maximum Gasteiger partial charge on any atom is 0.119 e. The molecule has 1 aromatic heterocycles. The molecule has 0 radical (unpaired) electrons. The number of nitrogens with one attached hydrogen (secondary N) is 1. The van der Waals surface area contributed by atoms with Crippen LogP contribution in [0.2, 0.25) is 0 Å². The van der Waals surface area contributed by atoms with Crippen LogP contribution in [-0.4, -0.2) is 18.6 Å². The minimum atomic E-state index is 0.654. The van der Waals surface area contributed by atoms with Crippen molar-refractivity contribution < 1.29 is 4.74 Å². The van der Waals surface area contributed by atoms with E-state index in [1.165, 1.54) is 10.6 Å². The Morgan fingerprint density at radius 1 is 1.40 bits per heavy atom. The number of hydrogen-bond donors (Lipinski definition) is 1. The molecule has 0 aliphatic rings. The predicted octanol–water partition coefficient (Wildman–Crippen LogP) is 2.35. The van der Waals surface area contributed by atoms with Gasteiger partial charge in [0.2, 0.25) is 0 Å². The third-order valence-corrected chi connectivity index (χ3v) is 3.15. The van der Waals surface area contributed by atoms with Gasteiger partial charge in [-0.2, -0.15) is 0 Å². The van der Waals surface area contributed by atoms with Crippen LogP contribution in [0.15, 0.2) is 0 Å². The molecule has 0 aliphatic carbocycles. The van der Waals surface area contributed by atoms with Crippen molar-refractivity contribution in [3.63, 3.8) is 0 Å². The molecule has 1 heterocycles. The van der Waals surface area contributed by atoms with Crippen LogP contribution < -0.4 is 5.32 Å². The zero-order chi connectivity index (χ0) is 11.1. The van der Waals surface area contributed by atoms with E-state index >= 15 is 0 Å². The van der Waals surface area contributed by atoms with Crippen molar-refractivity contribution in [3.05, 3.63) is 15.6 Å². The molecule has 0 unspecified atom stereocenters. The van der Waals surface area contributed by atoms with E-state index in [0.29, 0.717) is 6.61 Å². The molecule has 4 heteroatoms. The van der Waals surface area contributed by atoms with Gasteiger partial charge in [-0.05, 0) is 20.4 Å². The monoisotopic (exact) mass is 228 g/mol. The molecular formula is C11H20N2OS. The van der Waals surface area contributed by atoms with Crippen LogP contribution in [0.25, 0.3) is 0 Å². The molecule has 0 bridgehead atoms. The number of hydrogen-bond acceptors (Lipinski definition) is 4. The minimum Gasteiger partial charge on any atom is -0.375 e. The SMILES string of the molecule is CCCc1nc(COCC)sc1CNC. The van der Waals surface area contributed by atoms with Gasteiger partial charge in [-0.25, -0.2) is 4.98 Å². The maximum atomic E-state index is 5.37. The molecule has 15 heavy (non-hydrogen) atoms. The largest absolute Gasteiger partial charge is 0.375 e. The summed E-state index contributed by atoms with van der Waals surface area (Å²) >= 11 is 1.77. The van der Waals surface area contributed by atoms with Gasteiger partial charge in [0.15, 0.2) is 0 Å². The Kier molecular flexibility index (Phi) is 5.83. The first-order valence-corrected chi connectivity index (χ1v) is 6.33. The Labute approximate surface area is 95.9 Å². The van der Waals surface area contributed by atoms with E-state index in [1.807, 2.05) is 14.0 Å². The summed E-state index contributed by atoms with van der Waals surface area (Å²) in [6, 6.07) is 0. The van der Waals surface area contributed by atoms with E-state index in [2.05, 4.69) is 17.2 Å². The van der Waals surface area contributed by atoms with E-state index in [4.69, 9.17) is 4.74 Å². The fourth-order valence-corrected chi connectivity index (χ4v) is 2.48. The highest BCUT2D eigenvalue weighted by molar-refractivity contribution is 7.11. The lowest BCUT2D eigenvalue weighted by molar-refractivity contribution is 0.134. The average Bonchev–Trinajstić information content (AvgIpc) is 2.59. The predicted molar refractivity (Wildman–Crippen MR) is 64.2 cm³/mol. The molecule has 0 aromatic carbocycles. The van der Waals surface area contributed by atoms with Gasteiger partial charge >= 0.3 is 0 Å². The summed E-state index contributed by atoms with van der Waals surface area (Å²) < 4.78 is 5.37. The van der Waals surface area contributed by atoms with Crippen molar-refractivity contribution in [2.75, 3.05) is 13.7 Å². The first kappa shape index (κ1) is 12.6. The molecule has 0 atom stereocenters. The Balaban J connectivity index is 2.68. The quantitative estimate of drug-likeness (QED) is 0.778. The highest BCUT2D eigenvalue weighted by Gasteiger charge is 2.09. The zero-order valence-electron chi connectivity index (χ0n) is 9.80. The molecule has 0 amide bonds. The summed E-state index contributed by atoms with van der Waals surface area (Å²) in [5.41, 5.74) is 1.24. The van der Waals surface area contributed by atoms with E-state index in [1.54, 1.807) is 11.3 Å². The van der Waals surface area contributed by atoms with Crippen LogP contribution in [0.3, 0.4) is 0 Å². The highest BCUT2D eigenvalue weighted by atomic mass is 32.1. The fourth-order valence-electron chi connectivity index (χ4n) is 1.42. The van der Waals surface area contributed by atoms with Gasteiger partial charge in [-0.1, -0.05) is 13.3 Å². The molecule has 0 saturated carbocycles. The summed E-state index contributed by atoms with van der Waals surface area (Å²) in [7, 11) is 1.97. The van der Waals surface area contributed by atoms with Crippen LogP contribution in [0.1, 0.15) is 35.8 Å². The lowest BCUT2D eigenvalue weighted by Crippen LogP contribution is -2.05. The highest BCUT2D eigenvalue weighted by Crippen LogP contribution is 2.20. The number of ether oxygens (including phenoxy) is 1. The number of rotatable bonds is 7. The van der Waals surface area contributed by atoms with Crippen LogP contribution in [-0.2, 0) is 24.3 Å². The van der Waals surface area contributed by atoms with Crippen LogP contribution in [0.4, 0.5) is 0 Å². The zero-order valence-corrected chi connectivity index (χ0v) is 10.6. The van der Waals surface area contributed by atoms with Gasteiger partial charge in [-0.3, -0.25) is 0 Å².